The van der Waals surface area contributed by atoms with Crippen molar-refractivity contribution >= 4 is 0 Å². The maximum atomic E-state index is 10.4. The molecule has 0 aromatic rings. The van der Waals surface area contributed by atoms with Gasteiger partial charge in [0.25, 0.3) is 0 Å². The van der Waals surface area contributed by atoms with E-state index >= 15 is 0 Å². The molecule has 0 aliphatic carbocycles. The topological polar surface area (TPSA) is 169 Å². The molecule has 2 rings (SSSR count). The molecule has 7 N–H and O–H groups in total. The van der Waals surface area contributed by atoms with Crippen molar-refractivity contribution in [3.8, 4) is 0 Å². The van der Waals surface area contributed by atoms with Gasteiger partial charge in [0.05, 0.1) is 19.3 Å². The Morgan fingerprint density at radius 1 is 0.808 bits per heavy atom. The van der Waals surface area contributed by atoms with Gasteiger partial charge in [-0.3, -0.25) is 0 Å². The van der Waals surface area contributed by atoms with E-state index in [1.165, 1.54) is 0 Å². The van der Waals surface area contributed by atoms with Gasteiger partial charge in [0.15, 0.2) is 6.29 Å². The first kappa shape index (κ1) is 21.9. The monoisotopic (exact) mass is 381 g/mol. The normalized spacial score (nSPS) is 47.3. The average molecular weight is 381 g/mol. The molecule has 26 heavy (non-hydrogen) atoms. The minimum atomic E-state index is -1.67. The molecule has 0 bridgehead atoms. The van der Waals surface area contributed by atoms with E-state index in [1.807, 2.05) is 6.92 Å². The molecule has 10 heteroatoms. The van der Waals surface area contributed by atoms with Gasteiger partial charge in [-0.2, -0.15) is 0 Å². The Bertz CT molecular complexity index is 431. The van der Waals surface area contributed by atoms with E-state index in [2.05, 4.69) is 6.92 Å². The second-order valence-electron chi connectivity index (χ2n) is 7.02. The molecule has 0 saturated carbocycles. The van der Waals surface area contributed by atoms with Crippen LogP contribution in [0.1, 0.15) is 13.3 Å². The standard InChI is InChI=1S/C16H29O10/c1-6(2)3-7-10(19)13(22)15(9(5-18)24-7)26-16-14(23)12(21)11(20)8(4-17)25-16/h6-23H,1,3-5H2,2H3/t6?,7?,8?,9?,10?,11?,12?,13?,14?,15?,16-/m0/s1. The molecule has 153 valence electrons. The lowest BCUT2D eigenvalue weighted by Gasteiger charge is -2.46. The third kappa shape index (κ3) is 4.53. The molecule has 2 fully saturated rings. The highest BCUT2D eigenvalue weighted by Crippen LogP contribution is 2.30. The molecule has 2 heterocycles. The van der Waals surface area contributed by atoms with Gasteiger partial charge in [-0.05, 0) is 12.3 Å². The van der Waals surface area contributed by atoms with Gasteiger partial charge in [0, 0.05) is 0 Å². The largest absolute Gasteiger partial charge is 0.394 e. The predicted molar refractivity (Wildman–Crippen MR) is 85.5 cm³/mol. The molecule has 10 nitrogen and oxygen atoms in total. The van der Waals surface area contributed by atoms with E-state index in [0.717, 1.165) is 0 Å². The lowest BCUT2D eigenvalue weighted by molar-refractivity contribution is -0.342. The van der Waals surface area contributed by atoms with Crippen molar-refractivity contribution in [2.45, 2.75) is 74.6 Å². The van der Waals surface area contributed by atoms with Crippen LogP contribution in [-0.2, 0) is 14.2 Å². The van der Waals surface area contributed by atoms with Crippen LogP contribution in [0.15, 0.2) is 0 Å². The van der Waals surface area contributed by atoms with Gasteiger partial charge < -0.3 is 50.0 Å². The summed E-state index contributed by atoms with van der Waals surface area (Å²) in [5.74, 6) is -0.0656. The third-order valence-corrected chi connectivity index (χ3v) is 4.74. The fourth-order valence-electron chi connectivity index (χ4n) is 3.26. The minimum absolute atomic E-state index is 0.0656. The van der Waals surface area contributed by atoms with Gasteiger partial charge in [0.1, 0.15) is 48.8 Å². The van der Waals surface area contributed by atoms with Gasteiger partial charge in [-0.1, -0.05) is 13.8 Å². The van der Waals surface area contributed by atoms with Gasteiger partial charge in [-0.25, -0.2) is 0 Å². The van der Waals surface area contributed by atoms with E-state index in [4.69, 9.17) is 14.2 Å². The highest BCUT2D eigenvalue weighted by Gasteiger charge is 2.50. The first-order chi connectivity index (χ1) is 12.2. The molecule has 11 atom stereocenters. The Balaban J connectivity index is 2.11. The van der Waals surface area contributed by atoms with Gasteiger partial charge >= 0.3 is 0 Å². The van der Waals surface area contributed by atoms with Crippen LogP contribution in [0.3, 0.4) is 0 Å². The van der Waals surface area contributed by atoms with Crippen LogP contribution in [0.25, 0.3) is 0 Å². The number of rotatable bonds is 6. The molecule has 0 aromatic heterocycles. The molecule has 1 radical (unpaired) electrons. The summed E-state index contributed by atoms with van der Waals surface area (Å²) in [6.45, 7) is 4.45. The number of aliphatic hydroxyl groups excluding tert-OH is 7. The Morgan fingerprint density at radius 3 is 1.92 bits per heavy atom. The Morgan fingerprint density at radius 2 is 1.38 bits per heavy atom. The SMILES string of the molecule is [CH2]C(C)CC1OC(CO)C(O[C@@H]2OC(CO)C(O)C(O)C2O)C(O)C1O. The zero-order chi connectivity index (χ0) is 19.6. The average Bonchev–Trinajstić information content (AvgIpc) is 2.60. The second kappa shape index (κ2) is 9.20. The Labute approximate surface area is 151 Å². The summed E-state index contributed by atoms with van der Waals surface area (Å²) >= 11 is 0. The van der Waals surface area contributed by atoms with Crippen molar-refractivity contribution in [2.75, 3.05) is 13.2 Å². The number of hydrogen-bond donors (Lipinski definition) is 7. The highest BCUT2D eigenvalue weighted by atomic mass is 16.7. The summed E-state index contributed by atoms with van der Waals surface area (Å²) in [5.41, 5.74) is 0. The molecule has 2 aliphatic heterocycles. The minimum Gasteiger partial charge on any atom is -0.394 e. The van der Waals surface area contributed by atoms with Crippen LogP contribution in [0.2, 0.25) is 0 Å². The molecule has 2 aliphatic rings. The van der Waals surface area contributed by atoms with Crippen LogP contribution >= 0.6 is 0 Å². The first-order valence-corrected chi connectivity index (χ1v) is 8.62. The number of aliphatic hydroxyl groups is 7. The molecule has 0 spiro atoms. The van der Waals surface area contributed by atoms with Crippen LogP contribution in [0.4, 0.5) is 0 Å². The third-order valence-electron chi connectivity index (χ3n) is 4.74. The van der Waals surface area contributed by atoms with Crippen LogP contribution in [0.5, 0.6) is 0 Å². The van der Waals surface area contributed by atoms with Gasteiger partial charge in [0.2, 0.25) is 0 Å². The zero-order valence-corrected chi connectivity index (χ0v) is 14.5. The summed E-state index contributed by atoms with van der Waals surface area (Å²) in [6.07, 6.45) is -13.1. The van der Waals surface area contributed by atoms with Gasteiger partial charge in [-0.15, -0.1) is 0 Å². The summed E-state index contributed by atoms with van der Waals surface area (Å²) < 4.78 is 16.3. The fourth-order valence-corrected chi connectivity index (χ4v) is 3.26. The van der Waals surface area contributed by atoms with E-state index < -0.39 is 74.4 Å². The van der Waals surface area contributed by atoms with Crippen molar-refractivity contribution in [3.63, 3.8) is 0 Å². The van der Waals surface area contributed by atoms with Crippen molar-refractivity contribution in [1.29, 1.82) is 0 Å². The van der Waals surface area contributed by atoms with E-state index in [9.17, 15) is 35.7 Å². The second-order valence-corrected chi connectivity index (χ2v) is 7.02. The van der Waals surface area contributed by atoms with Crippen molar-refractivity contribution in [3.05, 3.63) is 6.92 Å². The molecular weight excluding hydrogens is 352 g/mol. The molecular formula is C16H29O10. The van der Waals surface area contributed by atoms with Crippen LogP contribution in [0, 0.1) is 12.8 Å². The fraction of sp³-hybridized carbons (Fsp3) is 0.938. The molecule has 0 aromatic carbocycles. The quantitative estimate of drug-likeness (QED) is 0.245. The smallest absolute Gasteiger partial charge is 0.187 e. The maximum Gasteiger partial charge on any atom is 0.187 e. The summed E-state index contributed by atoms with van der Waals surface area (Å²) in [4.78, 5) is 0. The van der Waals surface area contributed by atoms with E-state index in [-0.39, 0.29) is 5.92 Å². The van der Waals surface area contributed by atoms with E-state index in [0.29, 0.717) is 6.42 Å². The molecule has 0 amide bonds. The predicted octanol–water partition coefficient (Wildman–Crippen LogP) is -3.49. The Hall–Kier alpha value is -0.400. The molecule has 10 unspecified atom stereocenters. The number of ether oxygens (including phenoxy) is 3. The highest BCUT2D eigenvalue weighted by molar-refractivity contribution is 4.96. The maximum absolute atomic E-state index is 10.4. The molecule has 2 saturated heterocycles. The van der Waals surface area contributed by atoms with Crippen molar-refractivity contribution in [1.82, 2.24) is 0 Å². The first-order valence-electron chi connectivity index (χ1n) is 8.62. The Kier molecular flexibility index (Phi) is 7.74. The number of hydrogen-bond acceptors (Lipinski definition) is 10. The van der Waals surface area contributed by atoms with E-state index in [1.54, 1.807) is 0 Å². The van der Waals surface area contributed by atoms with Crippen LogP contribution < -0.4 is 0 Å². The lowest BCUT2D eigenvalue weighted by Crippen LogP contribution is -2.64. The zero-order valence-electron chi connectivity index (χ0n) is 14.5. The van der Waals surface area contributed by atoms with Crippen molar-refractivity contribution < 1.29 is 50.0 Å². The van der Waals surface area contributed by atoms with Crippen molar-refractivity contribution in [2.24, 2.45) is 5.92 Å². The summed E-state index contributed by atoms with van der Waals surface area (Å²) in [6, 6.07) is 0. The van der Waals surface area contributed by atoms with Crippen LogP contribution in [-0.4, -0.2) is 110 Å². The summed E-state index contributed by atoms with van der Waals surface area (Å²) in [7, 11) is 0. The lowest BCUT2D eigenvalue weighted by atomic mass is 9.90. The summed E-state index contributed by atoms with van der Waals surface area (Å²) in [5, 5.41) is 69.0.